The molecular weight excluding hydrogens is 302 g/mol. The van der Waals surface area contributed by atoms with Crippen molar-refractivity contribution in [2.24, 2.45) is 0 Å². The quantitative estimate of drug-likeness (QED) is 0.659. The SMILES string of the molecule is COc1ccccc1-c1ccc2ccn(C(=O)OC(C)(C)C)c2c1. The highest BCUT2D eigenvalue weighted by atomic mass is 16.6. The summed E-state index contributed by atoms with van der Waals surface area (Å²) in [6.07, 6.45) is 1.36. The summed E-state index contributed by atoms with van der Waals surface area (Å²) < 4.78 is 12.5. The molecule has 0 aliphatic heterocycles. The average Bonchev–Trinajstić information content (AvgIpc) is 2.96. The van der Waals surface area contributed by atoms with Crippen LogP contribution < -0.4 is 4.74 Å². The zero-order valence-electron chi connectivity index (χ0n) is 14.4. The first-order valence-corrected chi connectivity index (χ1v) is 7.87. The molecule has 3 aromatic rings. The van der Waals surface area contributed by atoms with Gasteiger partial charge in [0, 0.05) is 17.1 Å². The number of carbonyl (C=O) groups excluding carboxylic acids is 1. The van der Waals surface area contributed by atoms with Gasteiger partial charge in [-0.3, -0.25) is 4.57 Å². The molecule has 0 bridgehead atoms. The van der Waals surface area contributed by atoms with Gasteiger partial charge in [0.1, 0.15) is 11.4 Å². The van der Waals surface area contributed by atoms with Gasteiger partial charge in [-0.2, -0.15) is 0 Å². The summed E-state index contributed by atoms with van der Waals surface area (Å²) in [4.78, 5) is 12.4. The first-order valence-electron chi connectivity index (χ1n) is 7.87. The third kappa shape index (κ3) is 3.13. The van der Waals surface area contributed by atoms with Crippen molar-refractivity contribution >= 4 is 17.0 Å². The maximum Gasteiger partial charge on any atom is 0.418 e. The molecular formula is C20H21NO3. The summed E-state index contributed by atoms with van der Waals surface area (Å²) in [5.41, 5.74) is 2.25. The third-order valence-corrected chi connectivity index (χ3v) is 3.70. The molecule has 0 aliphatic carbocycles. The number of benzene rings is 2. The van der Waals surface area contributed by atoms with E-state index in [0.717, 1.165) is 27.8 Å². The summed E-state index contributed by atoms with van der Waals surface area (Å²) in [6, 6.07) is 15.7. The number of hydrogen-bond donors (Lipinski definition) is 0. The third-order valence-electron chi connectivity index (χ3n) is 3.70. The van der Waals surface area contributed by atoms with E-state index in [-0.39, 0.29) is 6.09 Å². The van der Waals surface area contributed by atoms with E-state index in [1.165, 1.54) is 0 Å². The molecule has 0 radical (unpaired) electrons. The van der Waals surface area contributed by atoms with Crippen molar-refractivity contribution in [3.05, 3.63) is 54.7 Å². The molecule has 1 heterocycles. The zero-order chi connectivity index (χ0) is 17.3. The second-order valence-electron chi connectivity index (χ2n) is 6.64. The molecule has 2 aromatic carbocycles. The fourth-order valence-corrected chi connectivity index (χ4v) is 2.65. The van der Waals surface area contributed by atoms with Crippen molar-refractivity contribution < 1.29 is 14.3 Å². The predicted molar refractivity (Wildman–Crippen MR) is 95.6 cm³/mol. The molecule has 0 atom stereocenters. The van der Waals surface area contributed by atoms with Gasteiger partial charge >= 0.3 is 6.09 Å². The first kappa shape index (κ1) is 16.1. The fraction of sp³-hybridized carbons (Fsp3) is 0.250. The van der Waals surface area contributed by atoms with Crippen LogP contribution >= 0.6 is 0 Å². The molecule has 1 aromatic heterocycles. The van der Waals surface area contributed by atoms with Crippen LogP contribution in [-0.4, -0.2) is 23.4 Å². The lowest BCUT2D eigenvalue weighted by atomic mass is 10.0. The van der Waals surface area contributed by atoms with Crippen LogP contribution in [0.5, 0.6) is 5.75 Å². The second kappa shape index (κ2) is 6.04. The number of aromatic nitrogens is 1. The number of ether oxygens (including phenoxy) is 2. The molecule has 0 N–H and O–H groups in total. The molecule has 0 saturated carbocycles. The van der Waals surface area contributed by atoms with E-state index in [9.17, 15) is 4.79 Å². The van der Waals surface area contributed by atoms with E-state index in [0.29, 0.717) is 0 Å². The van der Waals surface area contributed by atoms with Crippen LogP contribution in [0.2, 0.25) is 0 Å². The van der Waals surface area contributed by atoms with Crippen molar-refractivity contribution in [1.29, 1.82) is 0 Å². The van der Waals surface area contributed by atoms with Crippen molar-refractivity contribution in [2.45, 2.75) is 26.4 Å². The minimum Gasteiger partial charge on any atom is -0.496 e. The highest BCUT2D eigenvalue weighted by Gasteiger charge is 2.19. The predicted octanol–water partition coefficient (Wildman–Crippen LogP) is 5.10. The fourth-order valence-electron chi connectivity index (χ4n) is 2.65. The van der Waals surface area contributed by atoms with Gasteiger partial charge < -0.3 is 9.47 Å². The highest BCUT2D eigenvalue weighted by Crippen LogP contribution is 2.32. The molecule has 4 nitrogen and oxygen atoms in total. The lowest BCUT2D eigenvalue weighted by Gasteiger charge is -2.20. The minimum absolute atomic E-state index is 0.380. The van der Waals surface area contributed by atoms with E-state index >= 15 is 0 Å². The van der Waals surface area contributed by atoms with Crippen LogP contribution in [0.4, 0.5) is 4.79 Å². The first-order chi connectivity index (χ1) is 11.4. The van der Waals surface area contributed by atoms with Gasteiger partial charge in [0.2, 0.25) is 0 Å². The van der Waals surface area contributed by atoms with Gasteiger partial charge in [-0.25, -0.2) is 4.79 Å². The largest absolute Gasteiger partial charge is 0.496 e. The number of carbonyl (C=O) groups is 1. The normalized spacial score (nSPS) is 11.5. The van der Waals surface area contributed by atoms with Crippen LogP contribution in [0.15, 0.2) is 54.7 Å². The van der Waals surface area contributed by atoms with Gasteiger partial charge in [-0.1, -0.05) is 30.3 Å². The van der Waals surface area contributed by atoms with Crippen LogP contribution in [-0.2, 0) is 4.74 Å². The standard InChI is InChI=1S/C20H21NO3/c1-20(2,3)24-19(22)21-12-11-14-9-10-15(13-17(14)21)16-7-5-6-8-18(16)23-4/h5-13H,1-4H3. The van der Waals surface area contributed by atoms with Gasteiger partial charge in [0.05, 0.1) is 12.6 Å². The number of fused-ring (bicyclic) bond motifs is 1. The van der Waals surface area contributed by atoms with Crippen molar-refractivity contribution in [3.63, 3.8) is 0 Å². The van der Waals surface area contributed by atoms with Gasteiger partial charge in [0.15, 0.2) is 0 Å². The van der Waals surface area contributed by atoms with Gasteiger partial charge in [-0.15, -0.1) is 0 Å². The van der Waals surface area contributed by atoms with E-state index in [1.54, 1.807) is 17.9 Å². The Balaban J connectivity index is 2.08. The Kier molecular flexibility index (Phi) is 4.06. The maximum absolute atomic E-state index is 12.4. The molecule has 3 rings (SSSR count). The number of rotatable bonds is 2. The lowest BCUT2D eigenvalue weighted by molar-refractivity contribution is 0.0544. The number of methoxy groups -OCH3 is 1. The monoisotopic (exact) mass is 323 g/mol. The number of nitrogens with zero attached hydrogens (tertiary/aromatic N) is 1. The number of hydrogen-bond acceptors (Lipinski definition) is 3. The summed E-state index contributed by atoms with van der Waals surface area (Å²) in [5, 5.41) is 0.986. The minimum atomic E-state index is -0.534. The maximum atomic E-state index is 12.4. The zero-order valence-corrected chi connectivity index (χ0v) is 14.4. The number of para-hydroxylation sites is 1. The van der Waals surface area contributed by atoms with E-state index in [2.05, 4.69) is 0 Å². The van der Waals surface area contributed by atoms with E-state index < -0.39 is 5.60 Å². The summed E-state index contributed by atoms with van der Waals surface area (Å²) in [7, 11) is 1.65. The van der Waals surface area contributed by atoms with Crippen LogP contribution in [0.1, 0.15) is 20.8 Å². The molecule has 24 heavy (non-hydrogen) atoms. The van der Waals surface area contributed by atoms with Gasteiger partial charge in [-0.05, 0) is 44.5 Å². The average molecular weight is 323 g/mol. The van der Waals surface area contributed by atoms with Crippen LogP contribution in [0.25, 0.3) is 22.0 Å². The molecule has 0 fully saturated rings. The van der Waals surface area contributed by atoms with Crippen molar-refractivity contribution in [3.8, 4) is 16.9 Å². The smallest absolute Gasteiger partial charge is 0.418 e. The summed E-state index contributed by atoms with van der Waals surface area (Å²) >= 11 is 0. The second-order valence-corrected chi connectivity index (χ2v) is 6.64. The molecule has 0 aliphatic rings. The molecule has 0 saturated heterocycles. The molecule has 124 valence electrons. The van der Waals surface area contributed by atoms with Crippen LogP contribution in [0, 0.1) is 0 Å². The van der Waals surface area contributed by atoms with Crippen LogP contribution in [0.3, 0.4) is 0 Å². The molecule has 0 unspecified atom stereocenters. The summed E-state index contributed by atoms with van der Waals surface area (Å²) in [5.74, 6) is 0.798. The Morgan fingerprint density at radius 2 is 1.79 bits per heavy atom. The molecule has 0 amide bonds. The van der Waals surface area contributed by atoms with Crippen molar-refractivity contribution in [1.82, 2.24) is 4.57 Å². The highest BCUT2D eigenvalue weighted by molar-refractivity contribution is 5.92. The topological polar surface area (TPSA) is 40.5 Å². The molecule has 4 heteroatoms. The Hall–Kier alpha value is -2.75. The summed E-state index contributed by atoms with van der Waals surface area (Å²) in [6.45, 7) is 5.57. The Bertz CT molecular complexity index is 887. The van der Waals surface area contributed by atoms with Gasteiger partial charge in [0.25, 0.3) is 0 Å². The lowest BCUT2D eigenvalue weighted by Crippen LogP contribution is -2.26. The van der Waals surface area contributed by atoms with E-state index in [1.807, 2.05) is 69.3 Å². The Morgan fingerprint density at radius 1 is 1.04 bits per heavy atom. The van der Waals surface area contributed by atoms with E-state index in [4.69, 9.17) is 9.47 Å². The molecule has 0 spiro atoms. The Labute approximate surface area is 141 Å². The Morgan fingerprint density at radius 3 is 2.50 bits per heavy atom. The van der Waals surface area contributed by atoms with Crippen molar-refractivity contribution in [2.75, 3.05) is 7.11 Å².